The summed E-state index contributed by atoms with van der Waals surface area (Å²) in [4.78, 5) is 48.1. The SMILES string of the molecule is O=CCCCCCc1ccc2c(c1)-c1nc-2nc2[nH]c(nc3nc(nc4[nH]c(n1)c1ccccc41)-c1ccccc1-3)c1ccccc21. The van der Waals surface area contributed by atoms with Crippen LogP contribution in [0.2, 0.25) is 0 Å². The third-order valence-electron chi connectivity index (χ3n) is 8.90. The molecule has 0 unspecified atom stereocenters. The maximum atomic E-state index is 10.8. The van der Waals surface area contributed by atoms with Crippen LogP contribution in [0.1, 0.15) is 31.2 Å². The molecule has 47 heavy (non-hydrogen) atoms. The summed E-state index contributed by atoms with van der Waals surface area (Å²) in [6, 6.07) is 30.6. The average molecular weight is 613 g/mol. The Balaban J connectivity index is 1.35. The second-order valence-corrected chi connectivity index (χ2v) is 11.9. The maximum absolute atomic E-state index is 10.8. The van der Waals surface area contributed by atoms with Crippen LogP contribution in [0.15, 0.2) is 91.0 Å². The number of hydrogen-bond donors (Lipinski definition) is 2. The predicted molar refractivity (Wildman–Crippen MR) is 184 cm³/mol. The summed E-state index contributed by atoms with van der Waals surface area (Å²) in [5.41, 5.74) is 7.58. The summed E-state index contributed by atoms with van der Waals surface area (Å²) in [5.74, 6) is 2.35. The van der Waals surface area contributed by atoms with Gasteiger partial charge in [0.1, 0.15) is 28.9 Å². The smallest absolute Gasteiger partial charge is 0.164 e. The van der Waals surface area contributed by atoms with Crippen molar-refractivity contribution in [1.82, 2.24) is 39.9 Å². The predicted octanol–water partition coefficient (Wildman–Crippen LogP) is 8.17. The van der Waals surface area contributed by atoms with Gasteiger partial charge in [0.2, 0.25) is 0 Å². The van der Waals surface area contributed by atoms with E-state index < -0.39 is 0 Å². The summed E-state index contributed by atoms with van der Waals surface area (Å²) in [7, 11) is 0. The lowest BCUT2D eigenvalue weighted by molar-refractivity contribution is -0.107. The molecule has 9 nitrogen and oxygen atoms in total. The average Bonchev–Trinajstić information content (AvgIpc) is 3.84. The van der Waals surface area contributed by atoms with E-state index in [0.717, 1.165) is 75.8 Å². The summed E-state index contributed by atoms with van der Waals surface area (Å²) >= 11 is 0. The summed E-state index contributed by atoms with van der Waals surface area (Å²) in [5, 5.41) is 3.77. The number of aromatic amines is 2. The second kappa shape index (κ2) is 11.1. The molecule has 2 aliphatic rings. The zero-order valence-corrected chi connectivity index (χ0v) is 25.4. The topological polar surface area (TPSA) is 126 Å². The van der Waals surface area contributed by atoms with Crippen LogP contribution in [-0.2, 0) is 11.2 Å². The Morgan fingerprint density at radius 2 is 0.915 bits per heavy atom. The van der Waals surface area contributed by atoms with Crippen molar-refractivity contribution in [2.45, 2.75) is 32.1 Å². The minimum atomic E-state index is 0.585. The maximum Gasteiger partial charge on any atom is 0.164 e. The van der Waals surface area contributed by atoms with Crippen LogP contribution in [0.3, 0.4) is 0 Å². The number of carbonyl (C=O) groups is 1. The minimum Gasteiger partial charge on any atom is -0.324 e. The van der Waals surface area contributed by atoms with Crippen LogP contribution in [0.4, 0.5) is 0 Å². The Kier molecular flexibility index (Phi) is 6.41. The van der Waals surface area contributed by atoms with Crippen molar-refractivity contribution in [3.63, 3.8) is 0 Å². The molecule has 0 radical (unpaired) electrons. The molecular weight excluding hydrogens is 584 g/mol. The Morgan fingerprint density at radius 3 is 1.40 bits per heavy atom. The molecule has 0 atom stereocenters. The molecule has 5 heterocycles. The first-order valence-corrected chi connectivity index (χ1v) is 15.9. The van der Waals surface area contributed by atoms with Gasteiger partial charge in [-0.1, -0.05) is 91.3 Å². The van der Waals surface area contributed by atoms with Gasteiger partial charge in [-0.2, -0.15) is 0 Å². The molecule has 0 saturated heterocycles. The van der Waals surface area contributed by atoms with Crippen molar-refractivity contribution >= 4 is 50.4 Å². The van der Waals surface area contributed by atoms with Crippen LogP contribution in [0.5, 0.6) is 0 Å². The largest absolute Gasteiger partial charge is 0.324 e. The number of aldehydes is 1. The molecule has 0 aliphatic carbocycles. The van der Waals surface area contributed by atoms with Crippen molar-refractivity contribution in [3.8, 4) is 45.6 Å². The molecule has 4 aromatic carbocycles. The molecule has 0 amide bonds. The highest BCUT2D eigenvalue weighted by Crippen LogP contribution is 2.37. The van der Waals surface area contributed by atoms with E-state index in [4.69, 9.17) is 29.9 Å². The number of benzene rings is 4. The van der Waals surface area contributed by atoms with E-state index in [1.165, 1.54) is 5.56 Å². The van der Waals surface area contributed by atoms with E-state index in [9.17, 15) is 4.79 Å². The molecule has 226 valence electrons. The first-order chi connectivity index (χ1) is 23.2. The van der Waals surface area contributed by atoms with Crippen LogP contribution in [-0.4, -0.2) is 46.2 Å². The van der Waals surface area contributed by atoms with E-state index in [0.29, 0.717) is 52.3 Å². The minimum absolute atomic E-state index is 0.585. The Labute approximate surface area is 268 Å². The van der Waals surface area contributed by atoms with Gasteiger partial charge in [-0.3, -0.25) is 0 Å². The lowest BCUT2D eigenvalue weighted by atomic mass is 10.0. The number of H-pyrrole nitrogens is 2. The first kappa shape index (κ1) is 27.2. The summed E-state index contributed by atoms with van der Waals surface area (Å²) in [6.45, 7) is 0. The number of rotatable bonds is 6. The molecule has 0 spiro atoms. The summed E-state index contributed by atoms with van der Waals surface area (Å²) < 4.78 is 0. The van der Waals surface area contributed by atoms with Crippen LogP contribution in [0, 0.1) is 0 Å². The van der Waals surface area contributed by atoms with Crippen LogP contribution >= 0.6 is 0 Å². The van der Waals surface area contributed by atoms with Crippen LogP contribution < -0.4 is 0 Å². The van der Waals surface area contributed by atoms with Crippen molar-refractivity contribution in [2.24, 2.45) is 0 Å². The standard InChI is InChI=1S/C38H28N8O/c47-20-10-2-1-3-11-22-18-19-29-30(21-22)38-45-36-28-17-9-8-16-27(28)34(43-36)41-32-24-13-5-4-12-23(24)31(39-32)40-33-25-14-6-7-15-26(25)35(42-33)44-37(29)46-38/h4-9,12-21H,1-3,10-11H2,(H2,39,40,41,42,43,44,45,46). The number of fused-ring (bicyclic) bond motifs is 20. The number of nitrogens with zero attached hydrogens (tertiary/aromatic N) is 6. The van der Waals surface area contributed by atoms with Gasteiger partial charge in [0.25, 0.3) is 0 Å². The van der Waals surface area contributed by atoms with Crippen molar-refractivity contribution < 1.29 is 4.79 Å². The van der Waals surface area contributed by atoms with E-state index in [2.05, 4.69) is 28.2 Å². The normalized spacial score (nSPS) is 11.9. The van der Waals surface area contributed by atoms with Gasteiger partial charge in [-0.25, -0.2) is 29.9 Å². The number of aromatic nitrogens is 8. The van der Waals surface area contributed by atoms with E-state index in [1.54, 1.807) is 0 Å². The lowest BCUT2D eigenvalue weighted by Crippen LogP contribution is -1.89. The van der Waals surface area contributed by atoms with E-state index >= 15 is 0 Å². The third kappa shape index (κ3) is 4.66. The first-order valence-electron chi connectivity index (χ1n) is 15.9. The lowest BCUT2D eigenvalue weighted by Gasteiger charge is -2.04. The van der Waals surface area contributed by atoms with Crippen molar-refractivity contribution in [3.05, 3.63) is 96.6 Å². The summed E-state index contributed by atoms with van der Waals surface area (Å²) in [6.07, 6.45) is 5.45. The quantitative estimate of drug-likeness (QED) is 0.143. The van der Waals surface area contributed by atoms with Crippen LogP contribution in [0.25, 0.3) is 89.7 Å². The fraction of sp³-hybridized carbons (Fsp3) is 0.132. The van der Waals surface area contributed by atoms with Crippen molar-refractivity contribution in [2.75, 3.05) is 0 Å². The molecule has 9 heteroatoms. The van der Waals surface area contributed by atoms with Gasteiger partial charge in [-0.15, -0.1) is 0 Å². The second-order valence-electron chi connectivity index (χ2n) is 11.9. The highest BCUT2D eigenvalue weighted by atomic mass is 16.1. The Bertz CT molecular complexity index is 2540. The molecule has 0 fully saturated rings. The highest BCUT2D eigenvalue weighted by molar-refractivity contribution is 6.06. The van der Waals surface area contributed by atoms with Crippen molar-refractivity contribution in [1.29, 1.82) is 0 Å². The molecule has 7 aromatic rings. The fourth-order valence-electron chi connectivity index (χ4n) is 6.58. The van der Waals surface area contributed by atoms with Gasteiger partial charge in [0.05, 0.1) is 0 Å². The third-order valence-corrected chi connectivity index (χ3v) is 8.90. The molecule has 8 bridgehead atoms. The van der Waals surface area contributed by atoms with Gasteiger partial charge in [0, 0.05) is 50.2 Å². The molecule has 3 aromatic heterocycles. The van der Waals surface area contributed by atoms with Gasteiger partial charge in [-0.05, 0) is 30.9 Å². The zero-order valence-electron chi connectivity index (χ0n) is 25.4. The number of aryl methyl sites for hydroxylation is 1. The van der Waals surface area contributed by atoms with E-state index in [-0.39, 0.29) is 0 Å². The number of unbranched alkanes of at least 4 members (excludes halogenated alkanes) is 3. The van der Waals surface area contributed by atoms with Gasteiger partial charge >= 0.3 is 0 Å². The molecular formula is C38H28N8O. The molecule has 0 saturated carbocycles. The Morgan fingerprint density at radius 1 is 0.468 bits per heavy atom. The monoisotopic (exact) mass is 612 g/mol. The van der Waals surface area contributed by atoms with Gasteiger partial charge < -0.3 is 14.8 Å². The highest BCUT2D eigenvalue weighted by Gasteiger charge is 2.22. The Hall–Kier alpha value is -6.09. The molecule has 9 rings (SSSR count). The number of carbonyl (C=O) groups excluding carboxylic acids is 1. The number of hydrogen-bond acceptors (Lipinski definition) is 7. The van der Waals surface area contributed by atoms with E-state index in [1.807, 2.05) is 72.8 Å². The molecule has 2 N–H and O–H groups in total. The number of nitrogens with one attached hydrogen (secondary N) is 2. The zero-order chi connectivity index (χ0) is 31.3. The molecule has 2 aliphatic heterocycles. The van der Waals surface area contributed by atoms with Gasteiger partial charge in [0.15, 0.2) is 23.3 Å². The fourth-order valence-corrected chi connectivity index (χ4v) is 6.58.